The van der Waals surface area contributed by atoms with Crippen molar-refractivity contribution in [1.82, 2.24) is 0 Å². The van der Waals surface area contributed by atoms with E-state index < -0.39 is 23.3 Å². The topological polar surface area (TPSA) is 30.2 Å². The van der Waals surface area contributed by atoms with Gasteiger partial charge < -0.3 is 4.42 Å². The summed E-state index contributed by atoms with van der Waals surface area (Å²) in [6.45, 7) is 1.65. The zero-order valence-corrected chi connectivity index (χ0v) is 9.52. The van der Waals surface area contributed by atoms with Gasteiger partial charge in [0.15, 0.2) is 11.2 Å². The summed E-state index contributed by atoms with van der Waals surface area (Å²) < 4.78 is 67.3. The van der Waals surface area contributed by atoms with E-state index in [1.54, 1.807) is 6.92 Å². The third kappa shape index (κ3) is 2.20. The van der Waals surface area contributed by atoms with Gasteiger partial charge in [-0.3, -0.25) is 4.79 Å². The van der Waals surface area contributed by atoms with Crippen molar-refractivity contribution in [2.45, 2.75) is 19.0 Å². The van der Waals surface area contributed by atoms with Crippen molar-refractivity contribution in [3.8, 4) is 0 Å². The first-order valence-electron chi connectivity index (χ1n) is 5.12. The molecular weight excluding hydrogens is 271 g/mol. The van der Waals surface area contributed by atoms with Gasteiger partial charge in [-0.15, -0.1) is 0 Å². The molecule has 0 saturated heterocycles. The molecule has 0 spiro atoms. The number of aryl methyl sites for hydroxylation is 1. The van der Waals surface area contributed by atoms with Crippen molar-refractivity contribution in [2.75, 3.05) is 0 Å². The van der Waals surface area contributed by atoms with Crippen molar-refractivity contribution >= 4 is 11.0 Å². The Morgan fingerprint density at radius 3 is 2.26 bits per heavy atom. The predicted molar refractivity (Wildman–Crippen MR) is 57.2 cm³/mol. The quantitative estimate of drug-likeness (QED) is 0.743. The Morgan fingerprint density at radius 2 is 1.68 bits per heavy atom. The van der Waals surface area contributed by atoms with Crippen LogP contribution in [0.2, 0.25) is 0 Å². The van der Waals surface area contributed by atoms with E-state index in [0.717, 1.165) is 0 Å². The third-order valence-electron chi connectivity index (χ3n) is 2.55. The molecule has 0 radical (unpaired) electrons. The van der Waals surface area contributed by atoms with Crippen LogP contribution in [0.3, 0.4) is 0 Å². The van der Waals surface area contributed by atoms with Crippen molar-refractivity contribution in [3.63, 3.8) is 0 Å². The van der Waals surface area contributed by atoms with Crippen LogP contribution in [0.4, 0.5) is 22.0 Å². The van der Waals surface area contributed by atoms with Crippen LogP contribution >= 0.6 is 0 Å². The smallest absolute Gasteiger partial charge is 0.454 e. The van der Waals surface area contributed by atoms with E-state index in [9.17, 15) is 26.7 Å². The van der Waals surface area contributed by atoms with Gasteiger partial charge in [0.1, 0.15) is 5.58 Å². The highest BCUT2D eigenvalue weighted by molar-refractivity contribution is 5.77. The monoisotopic (exact) mass is 278 g/mol. The standard InChI is InChI=1S/C12H7F5O2/c1-6-2-3-9-7(4-6)8(18)5-10(19-9)11(13,14)12(15,16)17/h2-5H,1H3. The molecule has 0 aliphatic heterocycles. The zero-order chi connectivity index (χ0) is 14.4. The number of alkyl halides is 5. The van der Waals surface area contributed by atoms with Crippen LogP contribution < -0.4 is 5.43 Å². The highest BCUT2D eigenvalue weighted by atomic mass is 19.4. The van der Waals surface area contributed by atoms with Crippen LogP contribution in [-0.2, 0) is 5.92 Å². The normalized spacial score (nSPS) is 12.9. The first-order chi connectivity index (χ1) is 8.63. The van der Waals surface area contributed by atoms with E-state index in [4.69, 9.17) is 0 Å². The molecule has 0 aliphatic rings. The van der Waals surface area contributed by atoms with Gasteiger partial charge in [0.2, 0.25) is 0 Å². The van der Waals surface area contributed by atoms with Crippen LogP contribution in [0.1, 0.15) is 11.3 Å². The number of halogens is 5. The molecule has 2 nitrogen and oxygen atoms in total. The molecule has 102 valence electrons. The van der Waals surface area contributed by atoms with Crippen LogP contribution in [-0.4, -0.2) is 6.18 Å². The molecule has 0 atom stereocenters. The van der Waals surface area contributed by atoms with Crippen molar-refractivity contribution < 1.29 is 26.4 Å². The molecule has 2 rings (SSSR count). The molecule has 19 heavy (non-hydrogen) atoms. The predicted octanol–water partition coefficient (Wildman–Crippen LogP) is 3.76. The fourth-order valence-electron chi connectivity index (χ4n) is 1.56. The second-order valence-electron chi connectivity index (χ2n) is 4.05. The molecule has 1 aromatic carbocycles. The summed E-state index contributed by atoms with van der Waals surface area (Å²) in [4.78, 5) is 11.6. The summed E-state index contributed by atoms with van der Waals surface area (Å²) in [6, 6.07) is 4.16. The number of hydrogen-bond donors (Lipinski definition) is 0. The minimum atomic E-state index is -5.82. The zero-order valence-electron chi connectivity index (χ0n) is 9.52. The van der Waals surface area contributed by atoms with Crippen LogP contribution in [0, 0.1) is 6.92 Å². The van der Waals surface area contributed by atoms with Crippen molar-refractivity contribution in [1.29, 1.82) is 0 Å². The lowest BCUT2D eigenvalue weighted by Gasteiger charge is -2.18. The minimum Gasteiger partial charge on any atom is -0.454 e. The maximum atomic E-state index is 13.1. The molecule has 0 aliphatic carbocycles. The van der Waals surface area contributed by atoms with Gasteiger partial charge in [-0.25, -0.2) is 0 Å². The molecule has 0 N–H and O–H groups in total. The first kappa shape index (κ1) is 13.5. The van der Waals surface area contributed by atoms with Crippen LogP contribution in [0.5, 0.6) is 0 Å². The molecule has 1 aromatic heterocycles. The summed E-state index contributed by atoms with van der Waals surface area (Å²) in [5.41, 5.74) is -0.587. The lowest BCUT2D eigenvalue weighted by Crippen LogP contribution is -2.34. The molecule has 0 amide bonds. The molecule has 1 heterocycles. The Kier molecular flexibility index (Phi) is 2.87. The van der Waals surface area contributed by atoms with Gasteiger partial charge in [-0.05, 0) is 19.1 Å². The van der Waals surface area contributed by atoms with Gasteiger partial charge in [-0.2, -0.15) is 22.0 Å². The Hall–Kier alpha value is -1.92. The summed E-state index contributed by atoms with van der Waals surface area (Å²) in [5.74, 6) is -6.91. The van der Waals surface area contributed by atoms with E-state index in [0.29, 0.717) is 5.56 Å². The maximum absolute atomic E-state index is 13.1. The average Bonchev–Trinajstić information content (AvgIpc) is 2.28. The maximum Gasteiger partial charge on any atom is 0.461 e. The fourth-order valence-corrected chi connectivity index (χ4v) is 1.56. The van der Waals surface area contributed by atoms with Gasteiger partial charge in [-0.1, -0.05) is 11.6 Å². The number of benzene rings is 1. The third-order valence-corrected chi connectivity index (χ3v) is 2.55. The molecule has 0 saturated carbocycles. The minimum absolute atomic E-state index is 0.0401. The summed E-state index contributed by atoms with van der Waals surface area (Å²) >= 11 is 0. The molecule has 7 heteroatoms. The van der Waals surface area contributed by atoms with Gasteiger partial charge in [0.25, 0.3) is 0 Å². The largest absolute Gasteiger partial charge is 0.461 e. The number of hydrogen-bond acceptors (Lipinski definition) is 2. The molecular formula is C12H7F5O2. The van der Waals surface area contributed by atoms with E-state index in [2.05, 4.69) is 4.42 Å². The highest BCUT2D eigenvalue weighted by Crippen LogP contribution is 2.43. The van der Waals surface area contributed by atoms with Gasteiger partial charge in [0, 0.05) is 6.07 Å². The van der Waals surface area contributed by atoms with Crippen molar-refractivity contribution in [3.05, 3.63) is 45.8 Å². The SMILES string of the molecule is Cc1ccc2oc(C(F)(F)C(F)(F)F)cc(=O)c2c1. The average molecular weight is 278 g/mol. The Bertz CT molecular complexity index is 685. The van der Waals surface area contributed by atoms with Gasteiger partial charge in [0.05, 0.1) is 5.39 Å². The van der Waals surface area contributed by atoms with Crippen LogP contribution in [0.25, 0.3) is 11.0 Å². The lowest BCUT2D eigenvalue weighted by atomic mass is 10.1. The molecule has 0 fully saturated rings. The molecule has 2 aromatic rings. The summed E-state index contributed by atoms with van der Waals surface area (Å²) in [7, 11) is 0. The number of fused-ring (bicyclic) bond motifs is 1. The Morgan fingerprint density at radius 1 is 1.05 bits per heavy atom. The van der Waals surface area contributed by atoms with E-state index in [1.165, 1.54) is 18.2 Å². The van der Waals surface area contributed by atoms with E-state index in [-0.39, 0.29) is 17.0 Å². The number of rotatable bonds is 1. The highest BCUT2D eigenvalue weighted by Gasteiger charge is 2.61. The summed E-state index contributed by atoms with van der Waals surface area (Å²) in [5, 5.41) is -0.0401. The second-order valence-corrected chi connectivity index (χ2v) is 4.05. The Balaban J connectivity index is 2.72. The van der Waals surface area contributed by atoms with E-state index >= 15 is 0 Å². The molecule has 0 unspecified atom stereocenters. The van der Waals surface area contributed by atoms with E-state index in [1.807, 2.05) is 0 Å². The summed E-state index contributed by atoms with van der Waals surface area (Å²) in [6.07, 6.45) is -5.82. The first-order valence-corrected chi connectivity index (χ1v) is 5.12. The van der Waals surface area contributed by atoms with Gasteiger partial charge >= 0.3 is 12.1 Å². The fraction of sp³-hybridized carbons (Fsp3) is 0.250. The van der Waals surface area contributed by atoms with Crippen molar-refractivity contribution in [2.24, 2.45) is 0 Å². The molecule has 0 bridgehead atoms. The lowest BCUT2D eigenvalue weighted by molar-refractivity contribution is -0.295. The van der Waals surface area contributed by atoms with Crippen LogP contribution in [0.15, 0.2) is 33.5 Å². The second kappa shape index (κ2) is 4.04. The Labute approximate surface area is 103 Å².